The SMILES string of the molecule is CCOc1ccc(NC(=O)c2[nH]ncc2I)c([N+](=O)[O-])c1. The number of nitrogens with one attached hydrogen (secondary N) is 2. The number of nitro benzene ring substituents is 1. The first kappa shape index (κ1) is 15.2. The van der Waals surface area contributed by atoms with Gasteiger partial charge in [-0.1, -0.05) is 0 Å². The van der Waals surface area contributed by atoms with Crippen LogP contribution >= 0.6 is 22.6 Å². The third-order valence-electron chi connectivity index (χ3n) is 2.55. The van der Waals surface area contributed by atoms with Crippen molar-refractivity contribution in [3.63, 3.8) is 0 Å². The van der Waals surface area contributed by atoms with Crippen LogP contribution in [0.1, 0.15) is 17.4 Å². The number of anilines is 1. The number of rotatable bonds is 5. The summed E-state index contributed by atoms with van der Waals surface area (Å²) in [6.07, 6.45) is 1.49. The maximum Gasteiger partial charge on any atom is 0.296 e. The standard InChI is InChI=1S/C12H11IN4O4/c1-2-21-7-3-4-9(10(5-7)17(19)20)15-12(18)11-8(13)6-14-16-11/h3-6H,2H2,1H3,(H,14,16)(H,15,18). The Labute approximate surface area is 133 Å². The van der Waals surface area contributed by atoms with E-state index in [9.17, 15) is 14.9 Å². The highest BCUT2D eigenvalue weighted by Crippen LogP contribution is 2.29. The zero-order chi connectivity index (χ0) is 15.4. The lowest BCUT2D eigenvalue weighted by Crippen LogP contribution is -2.14. The van der Waals surface area contributed by atoms with E-state index >= 15 is 0 Å². The Balaban J connectivity index is 2.29. The average molecular weight is 402 g/mol. The summed E-state index contributed by atoms with van der Waals surface area (Å²) in [5, 5.41) is 19.9. The van der Waals surface area contributed by atoms with Gasteiger partial charge in [-0.2, -0.15) is 5.10 Å². The van der Waals surface area contributed by atoms with Gasteiger partial charge in [0.15, 0.2) is 0 Å². The highest BCUT2D eigenvalue weighted by atomic mass is 127. The molecule has 2 aromatic rings. The van der Waals surface area contributed by atoms with E-state index in [-0.39, 0.29) is 17.1 Å². The lowest BCUT2D eigenvalue weighted by Gasteiger charge is -2.07. The molecule has 2 N–H and O–H groups in total. The third-order valence-corrected chi connectivity index (χ3v) is 3.36. The van der Waals surface area contributed by atoms with Crippen molar-refractivity contribution in [2.75, 3.05) is 11.9 Å². The van der Waals surface area contributed by atoms with Gasteiger partial charge in [0.05, 0.1) is 27.4 Å². The third kappa shape index (κ3) is 3.48. The molecule has 0 atom stereocenters. The van der Waals surface area contributed by atoms with Crippen LogP contribution in [-0.2, 0) is 0 Å². The summed E-state index contributed by atoms with van der Waals surface area (Å²) in [7, 11) is 0. The predicted molar refractivity (Wildman–Crippen MR) is 83.5 cm³/mol. The molecule has 0 unspecified atom stereocenters. The molecular weight excluding hydrogens is 391 g/mol. The summed E-state index contributed by atoms with van der Waals surface area (Å²) < 4.78 is 5.84. The molecule has 0 aliphatic heterocycles. The summed E-state index contributed by atoms with van der Waals surface area (Å²) in [5.41, 5.74) is 0.112. The van der Waals surface area contributed by atoms with Gasteiger partial charge in [0.1, 0.15) is 17.1 Å². The van der Waals surface area contributed by atoms with Crippen molar-refractivity contribution >= 4 is 39.9 Å². The molecule has 0 aliphatic carbocycles. The molecule has 0 spiro atoms. The van der Waals surface area contributed by atoms with Gasteiger partial charge in [0.25, 0.3) is 11.6 Å². The van der Waals surface area contributed by atoms with Gasteiger partial charge in [-0.3, -0.25) is 20.0 Å². The average Bonchev–Trinajstić information content (AvgIpc) is 2.87. The van der Waals surface area contributed by atoms with Gasteiger partial charge in [0, 0.05) is 0 Å². The Hall–Kier alpha value is -2.17. The normalized spacial score (nSPS) is 10.2. The summed E-state index contributed by atoms with van der Waals surface area (Å²) in [4.78, 5) is 22.6. The first-order chi connectivity index (χ1) is 10.0. The van der Waals surface area contributed by atoms with Gasteiger partial charge in [-0.05, 0) is 41.6 Å². The topological polar surface area (TPSA) is 110 Å². The van der Waals surface area contributed by atoms with Gasteiger partial charge in [0.2, 0.25) is 0 Å². The number of H-pyrrole nitrogens is 1. The maximum atomic E-state index is 12.0. The van der Waals surface area contributed by atoms with Crippen molar-refractivity contribution in [1.29, 1.82) is 0 Å². The summed E-state index contributed by atoms with van der Waals surface area (Å²) in [6.45, 7) is 2.18. The van der Waals surface area contributed by atoms with E-state index in [1.54, 1.807) is 13.0 Å². The minimum Gasteiger partial charge on any atom is -0.494 e. The van der Waals surface area contributed by atoms with Gasteiger partial charge < -0.3 is 10.1 Å². The maximum absolute atomic E-state index is 12.0. The Kier molecular flexibility index (Phi) is 4.73. The molecule has 110 valence electrons. The molecule has 1 aromatic carbocycles. The minimum absolute atomic E-state index is 0.0962. The van der Waals surface area contributed by atoms with Crippen LogP contribution in [-0.4, -0.2) is 27.6 Å². The molecule has 0 saturated heterocycles. The second-order valence-corrected chi connectivity index (χ2v) is 5.08. The van der Waals surface area contributed by atoms with Crippen molar-refractivity contribution < 1.29 is 14.5 Å². The number of hydrogen-bond donors (Lipinski definition) is 2. The largest absolute Gasteiger partial charge is 0.494 e. The number of hydrogen-bond acceptors (Lipinski definition) is 5. The van der Waals surface area contributed by atoms with Crippen LogP contribution in [0.3, 0.4) is 0 Å². The molecule has 0 saturated carbocycles. The number of nitrogens with zero attached hydrogens (tertiary/aromatic N) is 2. The van der Waals surface area contributed by atoms with Crippen LogP contribution in [0.25, 0.3) is 0 Å². The van der Waals surface area contributed by atoms with Crippen LogP contribution in [0.2, 0.25) is 0 Å². The first-order valence-corrected chi connectivity index (χ1v) is 7.02. The number of ether oxygens (including phenoxy) is 1. The van der Waals surface area contributed by atoms with E-state index in [0.717, 1.165) is 0 Å². The zero-order valence-corrected chi connectivity index (χ0v) is 13.1. The van der Waals surface area contributed by atoms with Crippen LogP contribution in [0.15, 0.2) is 24.4 Å². The van der Waals surface area contributed by atoms with Crippen molar-refractivity contribution in [2.45, 2.75) is 6.92 Å². The number of aromatic amines is 1. The van der Waals surface area contributed by atoms with Crippen molar-refractivity contribution in [2.24, 2.45) is 0 Å². The molecule has 0 radical (unpaired) electrons. The highest BCUT2D eigenvalue weighted by molar-refractivity contribution is 14.1. The van der Waals surface area contributed by atoms with E-state index in [0.29, 0.717) is 15.9 Å². The smallest absolute Gasteiger partial charge is 0.296 e. The summed E-state index contributed by atoms with van der Waals surface area (Å²) in [6, 6.07) is 4.27. The number of nitro groups is 1. The monoisotopic (exact) mass is 402 g/mol. The van der Waals surface area contributed by atoms with Gasteiger partial charge >= 0.3 is 0 Å². The van der Waals surface area contributed by atoms with E-state index in [1.807, 2.05) is 22.6 Å². The van der Waals surface area contributed by atoms with Crippen molar-refractivity contribution in [1.82, 2.24) is 10.2 Å². The van der Waals surface area contributed by atoms with Crippen molar-refractivity contribution in [3.8, 4) is 5.75 Å². The molecule has 1 heterocycles. The Morgan fingerprint density at radius 2 is 2.33 bits per heavy atom. The van der Waals surface area contributed by atoms with Crippen LogP contribution in [0.4, 0.5) is 11.4 Å². The fraction of sp³-hybridized carbons (Fsp3) is 0.167. The molecular formula is C12H11IN4O4. The zero-order valence-electron chi connectivity index (χ0n) is 10.9. The molecule has 2 rings (SSSR count). The van der Waals surface area contributed by atoms with Crippen LogP contribution in [0.5, 0.6) is 5.75 Å². The second kappa shape index (κ2) is 6.52. The van der Waals surface area contributed by atoms with E-state index < -0.39 is 10.8 Å². The Morgan fingerprint density at radius 1 is 1.57 bits per heavy atom. The lowest BCUT2D eigenvalue weighted by molar-refractivity contribution is -0.384. The van der Waals surface area contributed by atoms with Gasteiger partial charge in [-0.25, -0.2) is 0 Å². The Morgan fingerprint density at radius 3 is 2.90 bits per heavy atom. The number of halogens is 1. The summed E-state index contributed by atoms with van der Waals surface area (Å²) in [5.74, 6) is -0.123. The first-order valence-electron chi connectivity index (χ1n) is 5.94. The van der Waals surface area contributed by atoms with Crippen LogP contribution < -0.4 is 10.1 Å². The molecule has 1 amide bonds. The second-order valence-electron chi connectivity index (χ2n) is 3.92. The molecule has 0 bridgehead atoms. The predicted octanol–water partition coefficient (Wildman–Crippen LogP) is 2.57. The highest BCUT2D eigenvalue weighted by Gasteiger charge is 2.19. The number of aromatic nitrogens is 2. The number of amides is 1. The van der Waals surface area contributed by atoms with E-state index in [1.165, 1.54) is 18.3 Å². The van der Waals surface area contributed by atoms with Gasteiger partial charge in [-0.15, -0.1) is 0 Å². The molecule has 1 aromatic heterocycles. The molecule has 0 aliphatic rings. The number of carbonyl (C=O) groups is 1. The number of carbonyl (C=O) groups excluding carboxylic acids is 1. The van der Waals surface area contributed by atoms with Crippen LogP contribution in [0, 0.1) is 13.7 Å². The van der Waals surface area contributed by atoms with E-state index in [4.69, 9.17) is 4.74 Å². The fourth-order valence-corrected chi connectivity index (χ4v) is 2.14. The molecule has 21 heavy (non-hydrogen) atoms. The van der Waals surface area contributed by atoms with E-state index in [2.05, 4.69) is 15.5 Å². The lowest BCUT2D eigenvalue weighted by atomic mass is 10.2. The molecule has 9 heteroatoms. The fourth-order valence-electron chi connectivity index (χ4n) is 1.64. The quantitative estimate of drug-likeness (QED) is 0.454. The minimum atomic E-state index is -0.573. The molecule has 8 nitrogen and oxygen atoms in total. The Bertz CT molecular complexity index is 686. The van der Waals surface area contributed by atoms with Crippen molar-refractivity contribution in [3.05, 3.63) is 43.8 Å². The summed E-state index contributed by atoms with van der Waals surface area (Å²) >= 11 is 1.94. The molecule has 0 fully saturated rings. The number of benzene rings is 1.